The van der Waals surface area contributed by atoms with E-state index in [1.54, 1.807) is 0 Å². The number of nitrogen functional groups attached to an aromatic ring is 1. The number of hydrogen-bond donors (Lipinski definition) is 1. The van der Waals surface area contributed by atoms with Crippen molar-refractivity contribution in [2.45, 2.75) is 20.4 Å². The van der Waals surface area contributed by atoms with Gasteiger partial charge in [0.25, 0.3) is 0 Å². The van der Waals surface area contributed by atoms with Crippen LogP contribution in [0.2, 0.25) is 0 Å². The second-order valence-corrected chi connectivity index (χ2v) is 4.79. The van der Waals surface area contributed by atoms with Gasteiger partial charge in [-0.1, -0.05) is 29.8 Å². The number of rotatable bonds is 2. The van der Waals surface area contributed by atoms with Crippen LogP contribution in [0.5, 0.6) is 0 Å². The number of aromatic nitrogens is 2. The van der Waals surface area contributed by atoms with Gasteiger partial charge >= 0.3 is 0 Å². The van der Waals surface area contributed by atoms with Gasteiger partial charge in [-0.05, 0) is 32.0 Å². The Bertz CT molecular complexity index is 724. The van der Waals surface area contributed by atoms with Crippen molar-refractivity contribution in [1.82, 2.24) is 9.55 Å². The highest BCUT2D eigenvalue weighted by molar-refractivity contribution is 5.83. The van der Waals surface area contributed by atoms with Crippen molar-refractivity contribution in [1.29, 1.82) is 0 Å². The number of nitrogens with zero attached hydrogens (tertiary/aromatic N) is 2. The first-order valence-corrected chi connectivity index (χ1v) is 6.52. The van der Waals surface area contributed by atoms with Crippen molar-refractivity contribution < 1.29 is 0 Å². The van der Waals surface area contributed by atoms with E-state index in [1.807, 2.05) is 18.2 Å². The summed E-state index contributed by atoms with van der Waals surface area (Å²) in [7, 11) is 0. The quantitative estimate of drug-likeness (QED) is 0.707. The van der Waals surface area contributed by atoms with Crippen LogP contribution in [-0.4, -0.2) is 9.55 Å². The van der Waals surface area contributed by atoms with Crippen LogP contribution < -0.4 is 5.73 Å². The van der Waals surface area contributed by atoms with Crippen molar-refractivity contribution in [3.8, 4) is 11.4 Å². The molecule has 0 aliphatic carbocycles. The zero-order chi connectivity index (χ0) is 13.4. The molecule has 3 nitrogen and oxygen atoms in total. The number of benzene rings is 2. The average Bonchev–Trinajstić information content (AvgIpc) is 2.77. The highest BCUT2D eigenvalue weighted by Gasteiger charge is 2.11. The van der Waals surface area contributed by atoms with Gasteiger partial charge in [0.15, 0.2) is 0 Å². The Balaban J connectivity index is 2.25. The molecule has 0 unspecified atom stereocenters. The molecule has 0 radical (unpaired) electrons. The molecule has 0 atom stereocenters. The second kappa shape index (κ2) is 4.43. The average molecular weight is 251 g/mol. The Morgan fingerprint density at radius 3 is 2.53 bits per heavy atom. The summed E-state index contributed by atoms with van der Waals surface area (Å²) in [6.45, 7) is 5.12. The molecule has 3 heteroatoms. The summed E-state index contributed by atoms with van der Waals surface area (Å²) in [5, 5.41) is 0. The third kappa shape index (κ3) is 1.97. The van der Waals surface area contributed by atoms with Gasteiger partial charge in [0.1, 0.15) is 5.82 Å². The molecule has 2 N–H and O–H groups in total. The standard InChI is InChI=1S/C16H17N3/c1-3-19-15-9-8-13(17)10-14(15)18-16(19)12-6-4-11(2)5-7-12/h4-10H,3,17H2,1-2H3. The summed E-state index contributed by atoms with van der Waals surface area (Å²) < 4.78 is 2.22. The summed E-state index contributed by atoms with van der Waals surface area (Å²) in [5.41, 5.74) is 11.1. The van der Waals surface area contributed by atoms with Gasteiger partial charge in [0.2, 0.25) is 0 Å². The lowest BCUT2D eigenvalue weighted by atomic mass is 10.1. The minimum atomic E-state index is 0.753. The second-order valence-electron chi connectivity index (χ2n) is 4.79. The van der Waals surface area contributed by atoms with E-state index in [0.29, 0.717) is 0 Å². The Labute approximate surface area is 112 Å². The number of hydrogen-bond acceptors (Lipinski definition) is 2. The van der Waals surface area contributed by atoms with E-state index in [2.05, 4.69) is 42.7 Å². The lowest BCUT2D eigenvalue weighted by Gasteiger charge is -2.06. The van der Waals surface area contributed by atoms with E-state index in [0.717, 1.165) is 34.7 Å². The molecule has 0 saturated carbocycles. The molecule has 96 valence electrons. The minimum Gasteiger partial charge on any atom is -0.399 e. The monoisotopic (exact) mass is 251 g/mol. The van der Waals surface area contributed by atoms with Gasteiger partial charge in [-0.2, -0.15) is 0 Å². The summed E-state index contributed by atoms with van der Waals surface area (Å²) in [6, 6.07) is 14.4. The highest BCUT2D eigenvalue weighted by atomic mass is 15.1. The summed E-state index contributed by atoms with van der Waals surface area (Å²) in [4.78, 5) is 4.73. The summed E-state index contributed by atoms with van der Waals surface area (Å²) in [5.74, 6) is 1.00. The summed E-state index contributed by atoms with van der Waals surface area (Å²) >= 11 is 0. The lowest BCUT2D eigenvalue weighted by Crippen LogP contribution is -1.97. The number of imidazole rings is 1. The molecule has 2 aromatic carbocycles. The van der Waals surface area contributed by atoms with E-state index in [4.69, 9.17) is 10.7 Å². The SMILES string of the molecule is CCn1c(-c2ccc(C)cc2)nc2cc(N)ccc21. The predicted octanol–water partition coefficient (Wildman–Crippen LogP) is 3.61. The van der Waals surface area contributed by atoms with Crippen molar-refractivity contribution in [3.05, 3.63) is 48.0 Å². The first-order valence-electron chi connectivity index (χ1n) is 6.52. The molecule has 1 heterocycles. The van der Waals surface area contributed by atoms with Crippen LogP contribution in [0.1, 0.15) is 12.5 Å². The molecular formula is C16H17N3. The van der Waals surface area contributed by atoms with Gasteiger partial charge in [0, 0.05) is 17.8 Å². The van der Waals surface area contributed by atoms with Crippen molar-refractivity contribution in [3.63, 3.8) is 0 Å². The van der Waals surface area contributed by atoms with Crippen LogP contribution in [0.3, 0.4) is 0 Å². The van der Waals surface area contributed by atoms with Crippen LogP contribution in [0, 0.1) is 6.92 Å². The molecule has 3 rings (SSSR count). The fourth-order valence-corrected chi connectivity index (χ4v) is 2.39. The number of aryl methyl sites for hydroxylation is 2. The van der Waals surface area contributed by atoms with Gasteiger partial charge in [-0.3, -0.25) is 0 Å². The highest BCUT2D eigenvalue weighted by Crippen LogP contribution is 2.26. The number of fused-ring (bicyclic) bond motifs is 1. The molecule has 0 fully saturated rings. The fourth-order valence-electron chi connectivity index (χ4n) is 2.39. The normalized spacial score (nSPS) is 11.1. The topological polar surface area (TPSA) is 43.8 Å². The Morgan fingerprint density at radius 2 is 1.84 bits per heavy atom. The largest absolute Gasteiger partial charge is 0.399 e. The molecule has 0 bridgehead atoms. The molecular weight excluding hydrogens is 234 g/mol. The maximum Gasteiger partial charge on any atom is 0.141 e. The van der Waals surface area contributed by atoms with E-state index in [1.165, 1.54) is 5.56 Å². The zero-order valence-corrected chi connectivity index (χ0v) is 11.2. The van der Waals surface area contributed by atoms with E-state index in [9.17, 15) is 0 Å². The lowest BCUT2D eigenvalue weighted by molar-refractivity contribution is 0.796. The Hall–Kier alpha value is -2.29. The molecule has 0 aliphatic rings. The third-order valence-corrected chi connectivity index (χ3v) is 3.40. The van der Waals surface area contributed by atoms with Crippen LogP contribution in [0.15, 0.2) is 42.5 Å². The van der Waals surface area contributed by atoms with Gasteiger partial charge < -0.3 is 10.3 Å². The Kier molecular flexibility index (Phi) is 2.75. The van der Waals surface area contributed by atoms with Gasteiger partial charge in [0.05, 0.1) is 11.0 Å². The van der Waals surface area contributed by atoms with E-state index >= 15 is 0 Å². The van der Waals surface area contributed by atoms with Crippen molar-refractivity contribution >= 4 is 16.7 Å². The maximum absolute atomic E-state index is 5.83. The zero-order valence-electron chi connectivity index (χ0n) is 11.2. The molecule has 0 amide bonds. The Morgan fingerprint density at radius 1 is 1.11 bits per heavy atom. The predicted molar refractivity (Wildman–Crippen MR) is 80.0 cm³/mol. The van der Waals surface area contributed by atoms with Gasteiger partial charge in [-0.25, -0.2) is 4.98 Å². The van der Waals surface area contributed by atoms with E-state index < -0.39 is 0 Å². The van der Waals surface area contributed by atoms with Crippen LogP contribution in [-0.2, 0) is 6.54 Å². The molecule has 0 saturated heterocycles. The minimum absolute atomic E-state index is 0.753. The van der Waals surface area contributed by atoms with Crippen molar-refractivity contribution in [2.24, 2.45) is 0 Å². The molecule has 19 heavy (non-hydrogen) atoms. The number of nitrogens with two attached hydrogens (primary N) is 1. The summed E-state index contributed by atoms with van der Waals surface area (Å²) in [6.07, 6.45) is 0. The maximum atomic E-state index is 5.83. The first-order chi connectivity index (χ1) is 9.19. The van der Waals surface area contributed by atoms with Crippen LogP contribution >= 0.6 is 0 Å². The van der Waals surface area contributed by atoms with Crippen molar-refractivity contribution in [2.75, 3.05) is 5.73 Å². The van der Waals surface area contributed by atoms with Crippen LogP contribution in [0.25, 0.3) is 22.4 Å². The molecule has 0 aliphatic heterocycles. The molecule has 0 spiro atoms. The molecule has 3 aromatic rings. The van der Waals surface area contributed by atoms with Gasteiger partial charge in [-0.15, -0.1) is 0 Å². The third-order valence-electron chi connectivity index (χ3n) is 3.40. The van der Waals surface area contributed by atoms with Crippen LogP contribution in [0.4, 0.5) is 5.69 Å². The number of anilines is 1. The molecule has 1 aromatic heterocycles. The fraction of sp³-hybridized carbons (Fsp3) is 0.188. The first kappa shape index (κ1) is 11.8. The smallest absolute Gasteiger partial charge is 0.141 e. The van der Waals surface area contributed by atoms with E-state index in [-0.39, 0.29) is 0 Å².